The largest absolute Gasteiger partial charge is 0.476 e. The van der Waals surface area contributed by atoms with Crippen LogP contribution in [0.4, 0.5) is 0 Å². The van der Waals surface area contributed by atoms with Gasteiger partial charge in [0, 0.05) is 18.9 Å². The molecule has 0 aliphatic carbocycles. The molecule has 0 bridgehead atoms. The molecular weight excluding hydrogens is 260 g/mol. The summed E-state index contributed by atoms with van der Waals surface area (Å²) in [7, 11) is -3.17. The molecule has 0 unspecified atom stereocenters. The Morgan fingerprint density at radius 2 is 2.17 bits per heavy atom. The van der Waals surface area contributed by atoms with E-state index in [0.29, 0.717) is 5.76 Å². The van der Waals surface area contributed by atoms with Crippen molar-refractivity contribution >= 4 is 15.8 Å². The maximum atomic E-state index is 11.4. The fraction of sp³-hybridized carbons (Fsp3) is 0.600. The highest BCUT2D eigenvalue weighted by Gasteiger charge is 2.29. The number of carboxylic acids is 1. The third-order valence-electron chi connectivity index (χ3n) is 2.63. The average Bonchev–Trinajstić information content (AvgIpc) is 2.64. The Morgan fingerprint density at radius 1 is 1.56 bits per heavy atom. The molecule has 18 heavy (non-hydrogen) atoms. The van der Waals surface area contributed by atoms with Crippen LogP contribution in [-0.4, -0.2) is 42.2 Å². The standard InChI is InChI=1S/C10H16N2O5S/c1-10(2,18(3,15)16)6-11-5-7-4-8(9(13)14)12-17-7/h4,11H,5-6H2,1-3H3,(H,13,14). The summed E-state index contributed by atoms with van der Waals surface area (Å²) in [6.07, 6.45) is 1.17. The van der Waals surface area contributed by atoms with E-state index in [0.717, 1.165) is 0 Å². The molecule has 0 aliphatic heterocycles. The predicted octanol–water partition coefficient (Wildman–Crippen LogP) is 0.286. The normalized spacial score (nSPS) is 12.6. The Bertz CT molecular complexity index is 532. The molecule has 2 N–H and O–H groups in total. The molecule has 0 aromatic carbocycles. The molecule has 1 aromatic rings. The van der Waals surface area contributed by atoms with Crippen LogP contribution in [0.2, 0.25) is 0 Å². The summed E-state index contributed by atoms with van der Waals surface area (Å²) in [6, 6.07) is 1.29. The van der Waals surface area contributed by atoms with Crippen LogP contribution >= 0.6 is 0 Å². The van der Waals surface area contributed by atoms with Crippen LogP contribution < -0.4 is 5.32 Å². The number of aromatic carboxylic acids is 1. The number of hydrogen-bond donors (Lipinski definition) is 2. The molecule has 8 heteroatoms. The lowest BCUT2D eigenvalue weighted by atomic mass is 10.2. The molecular formula is C10H16N2O5S. The van der Waals surface area contributed by atoms with Gasteiger partial charge in [-0.05, 0) is 13.8 Å². The van der Waals surface area contributed by atoms with E-state index in [4.69, 9.17) is 9.63 Å². The Kier molecular flexibility index (Phi) is 4.12. The molecule has 102 valence electrons. The Labute approximate surface area is 105 Å². The van der Waals surface area contributed by atoms with Gasteiger partial charge >= 0.3 is 5.97 Å². The van der Waals surface area contributed by atoms with E-state index in [-0.39, 0.29) is 18.8 Å². The minimum atomic E-state index is -3.17. The highest BCUT2D eigenvalue weighted by Crippen LogP contribution is 2.13. The zero-order chi connectivity index (χ0) is 14.0. The zero-order valence-electron chi connectivity index (χ0n) is 10.4. The third-order valence-corrected chi connectivity index (χ3v) is 4.78. The topological polar surface area (TPSA) is 110 Å². The number of sulfone groups is 1. The first-order chi connectivity index (χ1) is 8.13. The molecule has 0 spiro atoms. The number of rotatable bonds is 6. The molecule has 1 aromatic heterocycles. The Morgan fingerprint density at radius 3 is 2.61 bits per heavy atom. The van der Waals surface area contributed by atoms with E-state index in [1.807, 2.05) is 0 Å². The van der Waals surface area contributed by atoms with Gasteiger partial charge < -0.3 is 14.9 Å². The van der Waals surface area contributed by atoms with Crippen molar-refractivity contribution in [1.82, 2.24) is 10.5 Å². The van der Waals surface area contributed by atoms with E-state index >= 15 is 0 Å². The number of nitrogens with one attached hydrogen (secondary N) is 1. The van der Waals surface area contributed by atoms with E-state index in [1.54, 1.807) is 13.8 Å². The van der Waals surface area contributed by atoms with Gasteiger partial charge in [-0.15, -0.1) is 0 Å². The zero-order valence-corrected chi connectivity index (χ0v) is 11.2. The maximum absolute atomic E-state index is 11.4. The molecule has 0 saturated carbocycles. The highest BCUT2D eigenvalue weighted by atomic mass is 32.2. The van der Waals surface area contributed by atoms with Crippen LogP contribution in [0.5, 0.6) is 0 Å². The van der Waals surface area contributed by atoms with Crippen LogP contribution in [0.15, 0.2) is 10.6 Å². The SMILES string of the molecule is CC(C)(CNCc1cc(C(=O)O)no1)S(C)(=O)=O. The number of aromatic nitrogens is 1. The van der Waals surface area contributed by atoms with Crippen molar-refractivity contribution in [2.24, 2.45) is 0 Å². The molecule has 1 heterocycles. The number of hydrogen-bond acceptors (Lipinski definition) is 6. The quantitative estimate of drug-likeness (QED) is 0.768. The Hall–Kier alpha value is -1.41. The van der Waals surface area contributed by atoms with Gasteiger partial charge in [0.1, 0.15) is 0 Å². The predicted molar refractivity (Wildman–Crippen MR) is 64.1 cm³/mol. The fourth-order valence-corrected chi connectivity index (χ4v) is 1.48. The van der Waals surface area contributed by atoms with Gasteiger partial charge in [-0.1, -0.05) is 5.16 Å². The van der Waals surface area contributed by atoms with Gasteiger partial charge in [0.25, 0.3) is 0 Å². The van der Waals surface area contributed by atoms with Crippen LogP contribution in [0.1, 0.15) is 30.1 Å². The molecule has 1 rings (SSSR count). The second-order valence-electron chi connectivity index (χ2n) is 4.62. The smallest absolute Gasteiger partial charge is 0.358 e. The summed E-state index contributed by atoms with van der Waals surface area (Å²) in [6.45, 7) is 3.67. The van der Waals surface area contributed by atoms with E-state index < -0.39 is 20.6 Å². The summed E-state index contributed by atoms with van der Waals surface area (Å²) in [4.78, 5) is 10.6. The van der Waals surface area contributed by atoms with Crippen LogP contribution in [0, 0.1) is 0 Å². The summed E-state index contributed by atoms with van der Waals surface area (Å²) < 4.78 is 26.8. The van der Waals surface area contributed by atoms with E-state index in [2.05, 4.69) is 10.5 Å². The summed E-state index contributed by atoms with van der Waals surface area (Å²) in [5, 5.41) is 14.9. The van der Waals surface area contributed by atoms with Crippen LogP contribution in [0.25, 0.3) is 0 Å². The number of nitrogens with zero attached hydrogens (tertiary/aromatic N) is 1. The van der Waals surface area contributed by atoms with E-state index in [9.17, 15) is 13.2 Å². The maximum Gasteiger partial charge on any atom is 0.358 e. The molecule has 0 radical (unpaired) electrons. The van der Waals surface area contributed by atoms with Gasteiger partial charge in [-0.3, -0.25) is 0 Å². The van der Waals surface area contributed by atoms with Gasteiger partial charge in [0.05, 0.1) is 11.3 Å². The molecule has 0 atom stereocenters. The van der Waals surface area contributed by atoms with Crippen molar-refractivity contribution in [3.8, 4) is 0 Å². The van der Waals surface area contributed by atoms with Gasteiger partial charge in [-0.25, -0.2) is 13.2 Å². The summed E-state index contributed by atoms with van der Waals surface area (Å²) >= 11 is 0. The molecule has 0 aliphatic rings. The summed E-state index contributed by atoms with van der Waals surface area (Å²) in [5.74, 6) is -0.821. The average molecular weight is 276 g/mol. The van der Waals surface area contributed by atoms with Gasteiger partial charge in [0.15, 0.2) is 21.3 Å². The van der Waals surface area contributed by atoms with Gasteiger partial charge in [-0.2, -0.15) is 0 Å². The van der Waals surface area contributed by atoms with Crippen LogP contribution in [0.3, 0.4) is 0 Å². The first-order valence-electron chi connectivity index (χ1n) is 5.23. The monoisotopic (exact) mass is 276 g/mol. The summed E-state index contributed by atoms with van der Waals surface area (Å²) in [5.41, 5.74) is -0.172. The first kappa shape index (κ1) is 14.7. The lowest BCUT2D eigenvalue weighted by Gasteiger charge is -2.22. The molecule has 0 fully saturated rings. The van der Waals surface area contributed by atoms with Crippen molar-refractivity contribution in [3.05, 3.63) is 17.5 Å². The minimum absolute atomic E-state index is 0.172. The van der Waals surface area contributed by atoms with Crippen molar-refractivity contribution in [3.63, 3.8) is 0 Å². The second kappa shape index (κ2) is 5.07. The molecule has 0 amide bonds. The lowest BCUT2D eigenvalue weighted by Crippen LogP contribution is -2.41. The van der Waals surface area contributed by atoms with Crippen molar-refractivity contribution in [2.75, 3.05) is 12.8 Å². The molecule has 7 nitrogen and oxygen atoms in total. The van der Waals surface area contributed by atoms with Crippen molar-refractivity contribution in [2.45, 2.75) is 25.1 Å². The number of carboxylic acid groups (broad SMARTS) is 1. The minimum Gasteiger partial charge on any atom is -0.476 e. The molecule has 0 saturated heterocycles. The van der Waals surface area contributed by atoms with E-state index in [1.165, 1.54) is 12.3 Å². The lowest BCUT2D eigenvalue weighted by molar-refractivity contribution is 0.0685. The Balaban J connectivity index is 2.54. The highest BCUT2D eigenvalue weighted by molar-refractivity contribution is 7.92. The fourth-order valence-electron chi connectivity index (χ4n) is 1.11. The van der Waals surface area contributed by atoms with Gasteiger partial charge in [0.2, 0.25) is 0 Å². The van der Waals surface area contributed by atoms with Crippen molar-refractivity contribution < 1.29 is 22.8 Å². The third kappa shape index (κ3) is 3.54. The first-order valence-corrected chi connectivity index (χ1v) is 7.12. The van der Waals surface area contributed by atoms with Crippen LogP contribution in [-0.2, 0) is 16.4 Å². The second-order valence-corrected chi connectivity index (χ2v) is 7.27. The number of carbonyl (C=O) groups is 1. The van der Waals surface area contributed by atoms with Crippen molar-refractivity contribution in [1.29, 1.82) is 0 Å².